The summed E-state index contributed by atoms with van der Waals surface area (Å²) in [6.45, 7) is 0. The third kappa shape index (κ3) is 4.30. The second-order valence-corrected chi connectivity index (χ2v) is 6.27. The molecule has 0 spiro atoms. The summed E-state index contributed by atoms with van der Waals surface area (Å²) >= 11 is 12.8. The molecule has 2 rings (SSSR count). The molecular weight excluding hydrogens is 369 g/mol. The molecule has 1 aromatic heterocycles. The van der Waals surface area contributed by atoms with Crippen LogP contribution in [0.3, 0.4) is 0 Å². The maximum atomic E-state index is 12.0. The molecule has 0 radical (unpaired) electrons. The van der Waals surface area contributed by atoms with Crippen molar-refractivity contribution in [3.63, 3.8) is 0 Å². The molecule has 0 aliphatic carbocycles. The lowest BCUT2D eigenvalue weighted by atomic mass is 10.2. The summed E-state index contributed by atoms with van der Waals surface area (Å²) in [5, 5.41) is 21.7. The molecule has 0 bridgehead atoms. The van der Waals surface area contributed by atoms with Gasteiger partial charge in [-0.25, -0.2) is 4.98 Å². The topological polar surface area (TPSA) is 116 Å². The van der Waals surface area contributed by atoms with E-state index in [1.807, 2.05) is 12.1 Å². The molecule has 0 unspecified atom stereocenters. The molecule has 0 saturated carbocycles. The number of thioether (sulfide) groups is 1. The molecule has 0 aliphatic rings. The Kier molecular flexibility index (Phi) is 5.88. The zero-order chi connectivity index (χ0) is 17.7. The molecule has 0 fully saturated rings. The number of carbonyl (C=O) groups is 1. The van der Waals surface area contributed by atoms with Gasteiger partial charge in [-0.05, 0) is 24.3 Å². The minimum absolute atomic E-state index is 0.00796. The van der Waals surface area contributed by atoms with Gasteiger partial charge in [-0.1, -0.05) is 35.0 Å². The Balaban J connectivity index is 2.08. The van der Waals surface area contributed by atoms with Crippen molar-refractivity contribution in [3.05, 3.63) is 45.4 Å². The zero-order valence-corrected chi connectivity index (χ0v) is 14.3. The van der Waals surface area contributed by atoms with Gasteiger partial charge in [0.05, 0.1) is 27.6 Å². The van der Waals surface area contributed by atoms with Gasteiger partial charge in [-0.2, -0.15) is 10.5 Å². The average molecular weight is 378 g/mol. The molecule has 0 atom stereocenters. The Morgan fingerprint density at radius 2 is 1.96 bits per heavy atom. The number of nitrogens with one attached hydrogen (secondary N) is 1. The van der Waals surface area contributed by atoms with Gasteiger partial charge in [0.2, 0.25) is 5.91 Å². The summed E-state index contributed by atoms with van der Waals surface area (Å²) in [6.07, 6.45) is 0. The number of aromatic nitrogens is 1. The number of nitriles is 2. The highest BCUT2D eigenvalue weighted by Gasteiger charge is 2.13. The number of halogens is 2. The normalized spacial score (nSPS) is 9.83. The number of anilines is 2. The van der Waals surface area contributed by atoms with Gasteiger partial charge in [0.1, 0.15) is 23.0 Å². The predicted molar refractivity (Wildman–Crippen MR) is 93.9 cm³/mol. The number of nitrogen functional groups attached to an aromatic ring is 1. The molecule has 0 aliphatic heterocycles. The van der Waals surface area contributed by atoms with E-state index in [9.17, 15) is 4.79 Å². The van der Waals surface area contributed by atoms with Crippen LogP contribution in [0.1, 0.15) is 11.1 Å². The number of hydrogen-bond donors (Lipinski definition) is 2. The number of pyridine rings is 1. The largest absolute Gasteiger partial charge is 0.383 e. The Morgan fingerprint density at radius 1 is 1.25 bits per heavy atom. The quantitative estimate of drug-likeness (QED) is 0.788. The van der Waals surface area contributed by atoms with Gasteiger partial charge in [0, 0.05) is 5.02 Å². The zero-order valence-electron chi connectivity index (χ0n) is 12.0. The van der Waals surface area contributed by atoms with Crippen molar-refractivity contribution in [1.29, 1.82) is 10.5 Å². The van der Waals surface area contributed by atoms with E-state index >= 15 is 0 Å². The number of benzene rings is 1. The highest BCUT2D eigenvalue weighted by atomic mass is 35.5. The average Bonchev–Trinajstić information content (AvgIpc) is 2.55. The number of nitrogens with zero attached hydrogens (tertiary/aromatic N) is 3. The fourth-order valence-electron chi connectivity index (χ4n) is 1.70. The summed E-state index contributed by atoms with van der Waals surface area (Å²) in [7, 11) is 0. The highest BCUT2D eigenvalue weighted by Crippen LogP contribution is 2.27. The van der Waals surface area contributed by atoms with Crippen LogP contribution in [-0.2, 0) is 4.79 Å². The van der Waals surface area contributed by atoms with E-state index in [0.29, 0.717) is 15.7 Å². The first-order valence-electron chi connectivity index (χ1n) is 6.43. The second-order valence-electron chi connectivity index (χ2n) is 4.46. The Labute approximate surface area is 152 Å². The van der Waals surface area contributed by atoms with Crippen LogP contribution >= 0.6 is 35.0 Å². The van der Waals surface area contributed by atoms with Crippen molar-refractivity contribution in [2.24, 2.45) is 0 Å². The maximum Gasteiger partial charge on any atom is 0.234 e. The third-order valence-corrected chi connectivity index (χ3v) is 4.34. The van der Waals surface area contributed by atoms with E-state index in [4.69, 9.17) is 39.5 Å². The van der Waals surface area contributed by atoms with Crippen molar-refractivity contribution < 1.29 is 4.79 Å². The van der Waals surface area contributed by atoms with Crippen molar-refractivity contribution in [2.45, 2.75) is 5.03 Å². The van der Waals surface area contributed by atoms with Crippen molar-refractivity contribution >= 4 is 52.4 Å². The van der Waals surface area contributed by atoms with Crippen LogP contribution < -0.4 is 11.1 Å². The van der Waals surface area contributed by atoms with Crippen LogP contribution in [0, 0.1) is 22.7 Å². The number of nitrogens with two attached hydrogens (primary N) is 1. The van der Waals surface area contributed by atoms with E-state index in [1.165, 1.54) is 12.1 Å². The smallest absolute Gasteiger partial charge is 0.234 e. The van der Waals surface area contributed by atoms with Gasteiger partial charge in [0.15, 0.2) is 0 Å². The van der Waals surface area contributed by atoms with E-state index in [1.54, 1.807) is 12.1 Å². The highest BCUT2D eigenvalue weighted by molar-refractivity contribution is 8.00. The first kappa shape index (κ1) is 17.9. The lowest BCUT2D eigenvalue weighted by molar-refractivity contribution is -0.113. The van der Waals surface area contributed by atoms with E-state index in [0.717, 1.165) is 11.8 Å². The number of hydrogen-bond acceptors (Lipinski definition) is 6. The Morgan fingerprint density at radius 3 is 2.58 bits per heavy atom. The predicted octanol–water partition coefficient (Wildman–Crippen LogP) is 3.44. The second kappa shape index (κ2) is 7.89. The van der Waals surface area contributed by atoms with E-state index in [2.05, 4.69) is 10.3 Å². The summed E-state index contributed by atoms with van der Waals surface area (Å²) in [5.41, 5.74) is 6.36. The summed E-state index contributed by atoms with van der Waals surface area (Å²) < 4.78 is 0. The van der Waals surface area contributed by atoms with Crippen LogP contribution in [-0.4, -0.2) is 16.6 Å². The van der Waals surface area contributed by atoms with Crippen LogP contribution in [0.5, 0.6) is 0 Å². The van der Waals surface area contributed by atoms with Gasteiger partial charge < -0.3 is 11.1 Å². The van der Waals surface area contributed by atoms with Crippen molar-refractivity contribution in [1.82, 2.24) is 4.98 Å². The summed E-state index contributed by atoms with van der Waals surface area (Å²) in [5.74, 6) is -0.329. The number of carbonyl (C=O) groups excluding carboxylic acids is 1. The number of amides is 1. The maximum absolute atomic E-state index is 12.0. The lowest BCUT2D eigenvalue weighted by Crippen LogP contribution is -2.14. The van der Waals surface area contributed by atoms with Crippen LogP contribution in [0.15, 0.2) is 29.3 Å². The molecule has 9 heteroatoms. The molecule has 6 nitrogen and oxygen atoms in total. The fourth-order valence-corrected chi connectivity index (χ4v) is 2.92. The van der Waals surface area contributed by atoms with Crippen molar-refractivity contribution in [2.75, 3.05) is 16.8 Å². The Bertz CT molecular complexity index is 889. The van der Waals surface area contributed by atoms with Crippen LogP contribution in [0.4, 0.5) is 11.5 Å². The molecule has 1 amide bonds. The third-order valence-electron chi connectivity index (χ3n) is 2.80. The monoisotopic (exact) mass is 377 g/mol. The molecule has 1 aromatic carbocycles. The van der Waals surface area contributed by atoms with Gasteiger partial charge in [0.25, 0.3) is 0 Å². The standard InChI is InChI=1S/C15H9Cl2N5OS/c16-10-1-2-12(11(17)4-10)21-13(23)7-24-15-9(6-19)3-8(5-18)14(20)22-15/h1-4H,7H2,(H2,20,22)(H,21,23). The molecule has 2 aromatic rings. The van der Waals surface area contributed by atoms with Gasteiger partial charge in [-0.3, -0.25) is 4.79 Å². The van der Waals surface area contributed by atoms with Crippen molar-refractivity contribution in [3.8, 4) is 12.1 Å². The van der Waals surface area contributed by atoms with Gasteiger partial charge >= 0.3 is 0 Å². The molecule has 24 heavy (non-hydrogen) atoms. The lowest BCUT2D eigenvalue weighted by Gasteiger charge is -2.08. The fraction of sp³-hybridized carbons (Fsp3) is 0.0667. The Hall–Kier alpha value is -2.45. The van der Waals surface area contributed by atoms with E-state index < -0.39 is 0 Å². The van der Waals surface area contributed by atoms with Crippen LogP contribution in [0.25, 0.3) is 0 Å². The SMILES string of the molecule is N#Cc1cc(C#N)c(SCC(=O)Nc2ccc(Cl)cc2Cl)nc1N. The molecule has 120 valence electrons. The molecule has 3 N–H and O–H groups in total. The first-order chi connectivity index (χ1) is 11.4. The molecular formula is C15H9Cl2N5OS. The first-order valence-corrected chi connectivity index (χ1v) is 8.17. The van der Waals surface area contributed by atoms with Crippen LogP contribution in [0.2, 0.25) is 10.0 Å². The summed E-state index contributed by atoms with van der Waals surface area (Å²) in [6, 6.07) is 9.84. The number of rotatable bonds is 4. The molecule has 0 saturated heterocycles. The van der Waals surface area contributed by atoms with Gasteiger partial charge in [-0.15, -0.1) is 0 Å². The minimum Gasteiger partial charge on any atom is -0.383 e. The van der Waals surface area contributed by atoms with E-state index in [-0.39, 0.29) is 33.6 Å². The molecule has 1 heterocycles. The summed E-state index contributed by atoms with van der Waals surface area (Å²) in [4.78, 5) is 16.0. The minimum atomic E-state index is -0.335.